The Hall–Kier alpha value is -1.25. The smallest absolute Gasteiger partial charge is 0.463 e. The van der Waals surface area contributed by atoms with E-state index in [0.717, 1.165) is 32.1 Å². The van der Waals surface area contributed by atoms with Crippen molar-refractivity contribution in [3.8, 4) is 0 Å². The monoisotopic (exact) mass is 839 g/mol. The summed E-state index contributed by atoms with van der Waals surface area (Å²) in [6, 6.07) is 0. The topological polar surface area (TPSA) is 221 Å². The van der Waals surface area contributed by atoms with Crippen LogP contribution in [0.2, 0.25) is 0 Å². The predicted molar refractivity (Wildman–Crippen MR) is 223 cm³/mol. The molecular formula is C43H83O13P. The highest BCUT2D eigenvalue weighted by Crippen LogP contribution is 2.44. The predicted octanol–water partition coefficient (Wildman–Crippen LogP) is 7.77. The first-order valence-corrected chi connectivity index (χ1v) is 23.9. The van der Waals surface area contributed by atoms with E-state index in [0.29, 0.717) is 19.3 Å². The highest BCUT2D eigenvalue weighted by molar-refractivity contribution is 7.47. The molecule has 0 aliphatic rings. The molecule has 0 aromatic heterocycles. The van der Waals surface area contributed by atoms with Gasteiger partial charge in [0.25, 0.3) is 0 Å². The number of ether oxygens (including phenoxy) is 1. The molecule has 338 valence electrons. The fourth-order valence-electron chi connectivity index (χ4n) is 6.65. The fraction of sp³-hybridized carbons (Fsp3) is 0.907. The number of carbonyl (C=O) groups excluding carboxylic acids is 2. The van der Waals surface area contributed by atoms with Gasteiger partial charge in [0.15, 0.2) is 5.78 Å². The summed E-state index contributed by atoms with van der Waals surface area (Å²) in [5, 5.41) is 57.2. The minimum absolute atomic E-state index is 0.0470. The molecular weight excluding hydrogens is 755 g/mol. The Labute approximate surface area is 344 Å². The fourth-order valence-corrected chi connectivity index (χ4v) is 7.56. The van der Waals surface area contributed by atoms with Gasteiger partial charge < -0.3 is 40.3 Å². The van der Waals surface area contributed by atoms with Crippen molar-refractivity contribution >= 4 is 19.6 Å². The van der Waals surface area contributed by atoms with E-state index in [1.165, 1.54) is 116 Å². The molecule has 0 aliphatic carbocycles. The number of unbranched alkanes of at least 4 members (excludes halogenated alkanes) is 21. The summed E-state index contributed by atoms with van der Waals surface area (Å²) in [6.45, 7) is 1.21. The van der Waals surface area contributed by atoms with Crippen LogP contribution in [0.15, 0.2) is 12.2 Å². The van der Waals surface area contributed by atoms with Gasteiger partial charge in [0.05, 0.1) is 19.8 Å². The Morgan fingerprint density at radius 3 is 1.54 bits per heavy atom. The Balaban J connectivity index is 4.71. The summed E-state index contributed by atoms with van der Waals surface area (Å²) in [7, 11) is -4.93. The van der Waals surface area contributed by atoms with Gasteiger partial charge in [0.1, 0.15) is 37.1 Å². The maximum atomic E-state index is 13.2. The number of allylic oxidation sites excluding steroid dienone is 2. The highest BCUT2D eigenvalue weighted by Gasteiger charge is 2.34. The van der Waals surface area contributed by atoms with E-state index >= 15 is 0 Å². The highest BCUT2D eigenvalue weighted by atomic mass is 31.2. The number of ketones is 1. The summed E-state index contributed by atoms with van der Waals surface area (Å²) >= 11 is 0. The minimum atomic E-state index is -4.93. The largest absolute Gasteiger partial charge is 0.472 e. The van der Waals surface area contributed by atoms with Crippen molar-refractivity contribution in [3.05, 3.63) is 12.2 Å². The molecule has 7 atom stereocenters. The lowest BCUT2D eigenvalue weighted by Crippen LogP contribution is -2.47. The van der Waals surface area contributed by atoms with Crippen molar-refractivity contribution in [1.29, 1.82) is 0 Å². The van der Waals surface area contributed by atoms with E-state index in [4.69, 9.17) is 14.4 Å². The summed E-state index contributed by atoms with van der Waals surface area (Å²) in [5.74, 6) is -0.557. The molecule has 0 heterocycles. The van der Waals surface area contributed by atoms with Crippen molar-refractivity contribution in [2.45, 2.75) is 218 Å². The second kappa shape index (κ2) is 37.7. The van der Waals surface area contributed by atoms with E-state index < -0.39 is 70.7 Å². The molecule has 0 aliphatic heterocycles. The first-order valence-electron chi connectivity index (χ1n) is 22.4. The molecule has 0 bridgehead atoms. The molecule has 0 spiro atoms. The number of hydrogen-bond acceptors (Lipinski definition) is 12. The van der Waals surface area contributed by atoms with Crippen LogP contribution in [-0.2, 0) is 27.9 Å². The van der Waals surface area contributed by atoms with Crippen LogP contribution in [0.5, 0.6) is 0 Å². The van der Waals surface area contributed by atoms with Crippen molar-refractivity contribution in [2.24, 2.45) is 5.92 Å². The molecule has 0 saturated carbocycles. The van der Waals surface area contributed by atoms with Gasteiger partial charge in [-0.25, -0.2) is 4.57 Å². The van der Waals surface area contributed by atoms with Gasteiger partial charge in [-0.1, -0.05) is 155 Å². The Bertz CT molecular complexity index is 1030. The second-order valence-corrected chi connectivity index (χ2v) is 17.1. The van der Waals surface area contributed by atoms with Crippen LogP contribution in [0.4, 0.5) is 0 Å². The molecule has 0 fully saturated rings. The van der Waals surface area contributed by atoms with E-state index in [1.54, 1.807) is 6.08 Å². The van der Waals surface area contributed by atoms with Crippen LogP contribution in [0, 0.1) is 5.92 Å². The first-order chi connectivity index (χ1) is 27.4. The van der Waals surface area contributed by atoms with E-state index in [2.05, 4.69) is 18.4 Å². The lowest BCUT2D eigenvalue weighted by molar-refractivity contribution is -0.147. The van der Waals surface area contributed by atoms with Crippen molar-refractivity contribution in [1.82, 2.24) is 0 Å². The zero-order valence-corrected chi connectivity index (χ0v) is 36.5. The summed E-state index contributed by atoms with van der Waals surface area (Å²) < 4.78 is 26.9. The number of rotatable bonds is 42. The molecule has 0 aromatic carbocycles. The zero-order valence-electron chi connectivity index (χ0n) is 35.6. The standard InChI is InChI=1S/C43H83O13P/c1-3-5-7-9-11-13-15-16-17-19-21-23-25-30-38(46)36(28-24-22-20-18-14-12-10-8-6-4-2)29-26-27-31-41(49)54-34-37(32-44)56-57(52,53)55-35-40(48)43(51)42(50)39(47)33-45/h25,30,36-37,39-40,42-45,47-48,50-51H,3-24,26-29,31-35H2,1-2H3,(H,52,53)/t36?,37-,39+,40+,42+,43+/m0/s1. The minimum Gasteiger partial charge on any atom is -0.463 e. The lowest BCUT2D eigenvalue weighted by atomic mass is 9.90. The SMILES string of the molecule is CCCCCCCCCCCCCC=CC(=O)C(CCCCCCCCCCCC)CCCCC(=O)OC[C@H](CO)OP(=O)(O)OC[C@@H](O)[C@@H](O)[C@H](O)[C@H](O)CO. The average molecular weight is 839 g/mol. The van der Waals surface area contributed by atoms with Gasteiger partial charge in [-0.05, 0) is 38.2 Å². The second-order valence-electron chi connectivity index (χ2n) is 15.7. The van der Waals surface area contributed by atoms with E-state index in [1.807, 2.05) is 6.08 Å². The molecule has 14 heteroatoms. The molecule has 57 heavy (non-hydrogen) atoms. The third kappa shape index (κ3) is 32.2. The van der Waals surface area contributed by atoms with Crippen LogP contribution in [-0.4, -0.2) is 104 Å². The number of esters is 1. The van der Waals surface area contributed by atoms with E-state index in [-0.39, 0.29) is 18.1 Å². The maximum Gasteiger partial charge on any atom is 0.472 e. The van der Waals surface area contributed by atoms with Gasteiger partial charge >= 0.3 is 13.8 Å². The van der Waals surface area contributed by atoms with Gasteiger partial charge in [-0.15, -0.1) is 0 Å². The van der Waals surface area contributed by atoms with Crippen LogP contribution in [0.25, 0.3) is 0 Å². The van der Waals surface area contributed by atoms with Crippen LogP contribution in [0.1, 0.15) is 187 Å². The van der Waals surface area contributed by atoms with Crippen molar-refractivity contribution in [2.75, 3.05) is 26.4 Å². The Morgan fingerprint density at radius 1 is 0.596 bits per heavy atom. The number of phosphoric acid groups is 1. The molecule has 0 rings (SSSR count). The zero-order chi connectivity index (χ0) is 42.6. The number of phosphoric ester groups is 1. The number of hydrogen-bond donors (Lipinski definition) is 7. The molecule has 13 nitrogen and oxygen atoms in total. The summed E-state index contributed by atoms with van der Waals surface area (Å²) in [4.78, 5) is 35.7. The number of aliphatic hydroxyl groups excluding tert-OH is 6. The number of aliphatic hydroxyl groups is 6. The quantitative estimate of drug-likeness (QED) is 0.0135. The van der Waals surface area contributed by atoms with Crippen LogP contribution >= 0.6 is 7.82 Å². The van der Waals surface area contributed by atoms with Crippen molar-refractivity contribution < 1.29 is 63.5 Å². The lowest BCUT2D eigenvalue weighted by Gasteiger charge is -2.26. The first kappa shape index (κ1) is 55.8. The van der Waals surface area contributed by atoms with Gasteiger partial charge in [0, 0.05) is 12.3 Å². The van der Waals surface area contributed by atoms with Gasteiger partial charge in [-0.2, -0.15) is 0 Å². The van der Waals surface area contributed by atoms with Crippen molar-refractivity contribution in [3.63, 3.8) is 0 Å². The molecule has 7 N–H and O–H groups in total. The van der Waals surface area contributed by atoms with Crippen LogP contribution in [0.3, 0.4) is 0 Å². The number of carbonyl (C=O) groups is 2. The maximum absolute atomic E-state index is 13.2. The summed E-state index contributed by atoms with van der Waals surface area (Å²) in [6.07, 6.45) is 24.6. The Morgan fingerprint density at radius 2 is 1.05 bits per heavy atom. The average Bonchev–Trinajstić information content (AvgIpc) is 3.20. The Kier molecular flexibility index (Phi) is 36.9. The van der Waals surface area contributed by atoms with Gasteiger partial charge in [-0.3, -0.25) is 18.6 Å². The molecule has 2 unspecified atom stereocenters. The molecule has 0 amide bonds. The normalized spacial score (nSPS) is 16.2. The molecule has 0 saturated heterocycles. The molecule has 0 aromatic rings. The van der Waals surface area contributed by atoms with E-state index in [9.17, 15) is 44.6 Å². The molecule has 0 radical (unpaired) electrons. The van der Waals surface area contributed by atoms with Crippen LogP contribution < -0.4 is 0 Å². The summed E-state index contributed by atoms with van der Waals surface area (Å²) in [5.41, 5.74) is 0. The third-order valence-electron chi connectivity index (χ3n) is 10.4. The third-order valence-corrected chi connectivity index (χ3v) is 11.4. The van der Waals surface area contributed by atoms with Gasteiger partial charge in [0.2, 0.25) is 0 Å².